The molecule has 0 saturated carbocycles. The third-order valence-corrected chi connectivity index (χ3v) is 3.52. The molecule has 2 heterocycles. The maximum atomic E-state index is 5.37. The summed E-state index contributed by atoms with van der Waals surface area (Å²) in [5.74, 6) is 0.774. The monoisotopic (exact) mass is 331 g/mol. The Kier molecular flexibility index (Phi) is 3.31. The number of hydrogen-bond acceptors (Lipinski definition) is 2. The van der Waals surface area contributed by atoms with E-state index >= 15 is 0 Å². The van der Waals surface area contributed by atoms with Crippen molar-refractivity contribution in [3.8, 4) is 17.1 Å². The lowest BCUT2D eigenvalue weighted by Crippen LogP contribution is -1.99. The molecule has 0 fully saturated rings. The first-order valence-corrected chi connectivity index (χ1v) is 6.93. The van der Waals surface area contributed by atoms with Gasteiger partial charge in [0.2, 0.25) is 0 Å². The fourth-order valence-corrected chi connectivity index (χ4v) is 2.32. The summed E-state index contributed by atoms with van der Waals surface area (Å²) in [4.78, 5) is 4.33. The van der Waals surface area contributed by atoms with Crippen LogP contribution in [0.2, 0.25) is 0 Å². The number of H-pyrrole nitrogens is 1. The van der Waals surface area contributed by atoms with Gasteiger partial charge in [0, 0.05) is 16.7 Å². The maximum absolute atomic E-state index is 5.37. The van der Waals surface area contributed by atoms with Gasteiger partial charge in [-0.05, 0) is 33.6 Å². The molecule has 0 aliphatic heterocycles. The van der Waals surface area contributed by atoms with Crippen LogP contribution in [-0.2, 0) is 0 Å². The normalized spacial score (nSPS) is 10.6. The predicted molar refractivity (Wildman–Crippen MR) is 81.9 cm³/mol. The van der Waals surface area contributed by atoms with Crippen molar-refractivity contribution in [2.24, 2.45) is 0 Å². The molecule has 3 aromatic rings. The van der Waals surface area contributed by atoms with E-state index in [9.17, 15) is 0 Å². The van der Waals surface area contributed by atoms with Gasteiger partial charge in [0.25, 0.3) is 0 Å². The lowest BCUT2D eigenvalue weighted by Gasteiger charge is -2.02. The van der Waals surface area contributed by atoms with Crippen molar-refractivity contribution in [2.75, 3.05) is 0 Å². The topological polar surface area (TPSA) is 33.6 Å². The second-order valence-corrected chi connectivity index (χ2v) is 5.38. The molecule has 5 heteroatoms. The molecule has 0 amide bonds. The van der Waals surface area contributed by atoms with Crippen LogP contribution < -0.4 is 0 Å². The van der Waals surface area contributed by atoms with Crippen molar-refractivity contribution in [1.29, 1.82) is 0 Å². The van der Waals surface area contributed by atoms with E-state index in [1.54, 1.807) is 10.9 Å². The summed E-state index contributed by atoms with van der Waals surface area (Å²) in [7, 11) is 0. The quantitative estimate of drug-likeness (QED) is 0.708. The summed E-state index contributed by atoms with van der Waals surface area (Å²) in [5.41, 5.74) is 2.08. The fourth-order valence-electron chi connectivity index (χ4n) is 1.83. The van der Waals surface area contributed by atoms with E-state index in [0.29, 0.717) is 4.64 Å². The van der Waals surface area contributed by atoms with Gasteiger partial charge in [-0.15, -0.1) is 0 Å². The highest BCUT2D eigenvalue weighted by molar-refractivity contribution is 9.10. The van der Waals surface area contributed by atoms with E-state index in [-0.39, 0.29) is 0 Å². The van der Waals surface area contributed by atoms with E-state index in [1.165, 1.54) is 0 Å². The van der Waals surface area contributed by atoms with Gasteiger partial charge < -0.3 is 0 Å². The zero-order chi connectivity index (χ0) is 13.2. The van der Waals surface area contributed by atoms with E-state index in [1.807, 2.05) is 48.5 Å². The lowest BCUT2D eigenvalue weighted by molar-refractivity contribution is 0.839. The summed E-state index contributed by atoms with van der Waals surface area (Å²) in [6, 6.07) is 15.9. The highest BCUT2D eigenvalue weighted by atomic mass is 79.9. The second kappa shape index (κ2) is 5.11. The Morgan fingerprint density at radius 2 is 1.89 bits per heavy atom. The molecule has 0 atom stereocenters. The SMILES string of the molecule is S=c1cc(-c2ccccc2)[nH]n1-c1ccc(Br)cn1. The summed E-state index contributed by atoms with van der Waals surface area (Å²) < 4.78 is 3.44. The third kappa shape index (κ3) is 2.52. The molecular weight excluding hydrogens is 322 g/mol. The number of hydrogen-bond donors (Lipinski definition) is 1. The van der Waals surface area contributed by atoms with Crippen molar-refractivity contribution in [2.45, 2.75) is 0 Å². The molecule has 0 aliphatic carbocycles. The molecule has 0 unspecified atom stereocenters. The van der Waals surface area contributed by atoms with Crippen LogP contribution in [0.4, 0.5) is 0 Å². The first-order chi connectivity index (χ1) is 9.24. The van der Waals surface area contributed by atoms with Crippen LogP contribution in [-0.4, -0.2) is 14.8 Å². The van der Waals surface area contributed by atoms with E-state index in [0.717, 1.165) is 21.5 Å². The Hall–Kier alpha value is -1.72. The van der Waals surface area contributed by atoms with Gasteiger partial charge in [-0.3, -0.25) is 5.10 Å². The molecule has 3 nitrogen and oxygen atoms in total. The maximum Gasteiger partial charge on any atom is 0.152 e. The molecule has 0 saturated heterocycles. The molecule has 1 aromatic carbocycles. The number of nitrogens with one attached hydrogen (secondary N) is 1. The van der Waals surface area contributed by atoms with Crippen LogP contribution in [0.1, 0.15) is 0 Å². The summed E-state index contributed by atoms with van der Waals surface area (Å²) >= 11 is 8.74. The molecule has 2 aromatic heterocycles. The number of aromatic amines is 1. The third-order valence-electron chi connectivity index (χ3n) is 2.75. The molecular formula is C14H10BrN3S. The minimum Gasteiger partial charge on any atom is -0.291 e. The number of benzene rings is 1. The number of rotatable bonds is 2. The first kappa shape index (κ1) is 12.3. The van der Waals surface area contributed by atoms with Crippen LogP contribution in [0.5, 0.6) is 0 Å². The largest absolute Gasteiger partial charge is 0.291 e. The van der Waals surface area contributed by atoms with Gasteiger partial charge in [0.1, 0.15) is 4.64 Å². The summed E-state index contributed by atoms with van der Waals surface area (Å²) in [6.07, 6.45) is 1.75. The standard InChI is InChI=1S/C14H10BrN3S/c15-11-6-7-13(16-9-11)18-14(19)8-12(17-18)10-4-2-1-3-5-10/h1-9,17H. The van der Waals surface area contributed by atoms with E-state index in [4.69, 9.17) is 12.2 Å². The average molecular weight is 332 g/mol. The van der Waals surface area contributed by atoms with Gasteiger partial charge in [0.05, 0.1) is 5.69 Å². The van der Waals surface area contributed by atoms with Gasteiger partial charge in [-0.2, -0.15) is 0 Å². The molecule has 1 N–H and O–H groups in total. The zero-order valence-corrected chi connectivity index (χ0v) is 12.3. The van der Waals surface area contributed by atoms with Crippen LogP contribution >= 0.6 is 28.1 Å². The number of aromatic nitrogens is 3. The molecule has 3 rings (SSSR count). The van der Waals surface area contributed by atoms with Crippen LogP contribution in [0.25, 0.3) is 17.1 Å². The molecule has 0 bridgehead atoms. The number of nitrogens with zero attached hydrogens (tertiary/aromatic N) is 2. The minimum absolute atomic E-state index is 0.702. The summed E-state index contributed by atoms with van der Waals surface area (Å²) in [6.45, 7) is 0. The Morgan fingerprint density at radius 1 is 1.11 bits per heavy atom. The molecule has 0 spiro atoms. The van der Waals surface area contributed by atoms with Gasteiger partial charge >= 0.3 is 0 Å². The van der Waals surface area contributed by atoms with Crippen molar-refractivity contribution in [3.63, 3.8) is 0 Å². The van der Waals surface area contributed by atoms with Gasteiger partial charge in [-0.25, -0.2) is 9.67 Å². The summed E-state index contributed by atoms with van der Waals surface area (Å²) in [5, 5.41) is 3.27. The first-order valence-electron chi connectivity index (χ1n) is 5.73. The Labute approximate surface area is 124 Å². The number of halogens is 1. The van der Waals surface area contributed by atoms with Gasteiger partial charge in [0.15, 0.2) is 5.82 Å². The Balaban J connectivity index is 2.08. The lowest BCUT2D eigenvalue weighted by atomic mass is 10.2. The highest BCUT2D eigenvalue weighted by Gasteiger charge is 2.05. The fraction of sp³-hybridized carbons (Fsp3) is 0. The number of pyridine rings is 1. The van der Waals surface area contributed by atoms with Crippen molar-refractivity contribution in [3.05, 3.63) is 63.8 Å². The van der Waals surface area contributed by atoms with Crippen LogP contribution in [0.3, 0.4) is 0 Å². The second-order valence-electron chi connectivity index (χ2n) is 4.04. The zero-order valence-electron chi connectivity index (χ0n) is 9.88. The van der Waals surface area contributed by atoms with Crippen molar-refractivity contribution >= 4 is 28.1 Å². The highest BCUT2D eigenvalue weighted by Crippen LogP contribution is 2.19. The van der Waals surface area contributed by atoms with Gasteiger partial charge in [-0.1, -0.05) is 42.5 Å². The minimum atomic E-state index is 0.702. The molecule has 0 radical (unpaired) electrons. The molecule has 94 valence electrons. The van der Waals surface area contributed by atoms with Crippen LogP contribution in [0, 0.1) is 4.64 Å². The Morgan fingerprint density at radius 3 is 2.58 bits per heavy atom. The molecule has 19 heavy (non-hydrogen) atoms. The van der Waals surface area contributed by atoms with Crippen molar-refractivity contribution in [1.82, 2.24) is 14.8 Å². The Bertz CT molecular complexity index is 744. The average Bonchev–Trinajstić information content (AvgIpc) is 2.83. The van der Waals surface area contributed by atoms with E-state index in [2.05, 4.69) is 26.0 Å². The van der Waals surface area contributed by atoms with Crippen molar-refractivity contribution < 1.29 is 0 Å². The van der Waals surface area contributed by atoms with Crippen LogP contribution in [0.15, 0.2) is 59.2 Å². The smallest absolute Gasteiger partial charge is 0.152 e. The van der Waals surface area contributed by atoms with E-state index < -0.39 is 0 Å². The predicted octanol–water partition coefficient (Wildman–Crippen LogP) is 4.36. The molecule has 0 aliphatic rings.